The third-order valence-corrected chi connectivity index (χ3v) is 4.56. The highest BCUT2D eigenvalue weighted by Crippen LogP contribution is 2.19. The van der Waals surface area contributed by atoms with Crippen LogP contribution in [-0.4, -0.2) is 28.7 Å². The van der Waals surface area contributed by atoms with E-state index in [0.29, 0.717) is 17.1 Å². The highest BCUT2D eigenvalue weighted by Gasteiger charge is 2.15. The van der Waals surface area contributed by atoms with Gasteiger partial charge in [-0.15, -0.1) is 0 Å². The summed E-state index contributed by atoms with van der Waals surface area (Å²) < 4.78 is 6.20. The Kier molecular flexibility index (Phi) is 6.81. The van der Waals surface area contributed by atoms with Crippen LogP contribution in [0.5, 0.6) is 5.75 Å². The van der Waals surface area contributed by atoms with Gasteiger partial charge in [-0.3, -0.25) is 14.4 Å². The summed E-state index contributed by atoms with van der Waals surface area (Å²) in [5.74, 6) is -0.138. The molecule has 0 aliphatic rings. The van der Waals surface area contributed by atoms with Crippen LogP contribution in [0.15, 0.2) is 59.4 Å². The van der Waals surface area contributed by atoms with E-state index in [9.17, 15) is 14.4 Å². The van der Waals surface area contributed by atoms with Gasteiger partial charge in [0.15, 0.2) is 0 Å². The maximum absolute atomic E-state index is 12.8. The molecule has 0 atom stereocenters. The largest absolute Gasteiger partial charge is 0.497 e. The maximum Gasteiger partial charge on any atom is 0.291 e. The number of rotatable bonds is 7. The third kappa shape index (κ3) is 5.57. The van der Waals surface area contributed by atoms with Crippen LogP contribution in [0.4, 0.5) is 11.4 Å². The van der Waals surface area contributed by atoms with Crippen molar-refractivity contribution in [3.8, 4) is 17.0 Å². The Balaban J connectivity index is 1.93. The predicted molar refractivity (Wildman–Crippen MR) is 119 cm³/mol. The van der Waals surface area contributed by atoms with Crippen LogP contribution in [0.2, 0.25) is 0 Å². The minimum atomic E-state index is -0.557. The zero-order valence-electron chi connectivity index (χ0n) is 17.6. The van der Waals surface area contributed by atoms with E-state index in [1.54, 1.807) is 31.2 Å². The molecule has 0 radical (unpaired) electrons. The molecule has 8 heteroatoms. The van der Waals surface area contributed by atoms with Crippen molar-refractivity contribution in [1.29, 1.82) is 0 Å². The van der Waals surface area contributed by atoms with Crippen molar-refractivity contribution < 1.29 is 14.3 Å². The van der Waals surface area contributed by atoms with E-state index >= 15 is 0 Å². The Labute approximate surface area is 179 Å². The fraction of sp³-hybridized carbons (Fsp3) is 0.217. The lowest BCUT2D eigenvalue weighted by Crippen LogP contribution is -2.32. The van der Waals surface area contributed by atoms with E-state index in [4.69, 9.17) is 4.74 Å². The molecule has 8 nitrogen and oxygen atoms in total. The minimum absolute atomic E-state index is 0.0756. The van der Waals surface area contributed by atoms with Crippen molar-refractivity contribution in [2.75, 3.05) is 17.7 Å². The highest BCUT2D eigenvalue weighted by atomic mass is 16.5. The molecule has 3 aromatic rings. The number of carbonyl (C=O) groups is 2. The number of hydrogen-bond donors (Lipinski definition) is 2. The summed E-state index contributed by atoms with van der Waals surface area (Å²) in [6.45, 7) is 3.34. The van der Waals surface area contributed by atoms with E-state index in [0.717, 1.165) is 15.8 Å². The quantitative estimate of drug-likeness (QED) is 0.611. The van der Waals surface area contributed by atoms with Gasteiger partial charge in [0.05, 0.1) is 12.8 Å². The first kappa shape index (κ1) is 21.8. The van der Waals surface area contributed by atoms with E-state index in [1.165, 1.54) is 13.2 Å². The number of aromatic nitrogens is 2. The van der Waals surface area contributed by atoms with Crippen LogP contribution in [0.1, 0.15) is 18.9 Å². The molecule has 1 aromatic heterocycles. The lowest BCUT2D eigenvalue weighted by Gasteiger charge is -2.12. The number of anilines is 2. The van der Waals surface area contributed by atoms with Gasteiger partial charge in [-0.2, -0.15) is 5.10 Å². The average Bonchev–Trinajstić information content (AvgIpc) is 2.76. The molecule has 2 aromatic carbocycles. The van der Waals surface area contributed by atoms with Crippen LogP contribution in [-0.2, 0) is 16.1 Å². The molecular weight excluding hydrogens is 396 g/mol. The number of carbonyl (C=O) groups excluding carboxylic acids is 2. The third-order valence-electron chi connectivity index (χ3n) is 4.56. The number of ether oxygens (including phenoxy) is 1. The molecule has 3 rings (SSSR count). The number of hydrogen-bond acceptors (Lipinski definition) is 5. The summed E-state index contributed by atoms with van der Waals surface area (Å²) >= 11 is 0. The van der Waals surface area contributed by atoms with Gasteiger partial charge in [0.1, 0.15) is 18.0 Å². The van der Waals surface area contributed by atoms with Crippen molar-refractivity contribution in [1.82, 2.24) is 9.78 Å². The molecule has 0 fully saturated rings. The Morgan fingerprint density at radius 3 is 2.45 bits per heavy atom. The van der Waals surface area contributed by atoms with Gasteiger partial charge >= 0.3 is 0 Å². The van der Waals surface area contributed by atoms with Crippen molar-refractivity contribution >= 4 is 23.2 Å². The van der Waals surface area contributed by atoms with Gasteiger partial charge in [0.25, 0.3) is 5.56 Å². The Morgan fingerprint density at radius 1 is 1.03 bits per heavy atom. The van der Waals surface area contributed by atoms with Gasteiger partial charge < -0.3 is 15.4 Å². The lowest BCUT2D eigenvalue weighted by atomic mass is 10.1. The zero-order chi connectivity index (χ0) is 22.4. The molecule has 160 valence electrons. The number of benzene rings is 2. The average molecular weight is 420 g/mol. The highest BCUT2D eigenvalue weighted by molar-refractivity contribution is 5.92. The van der Waals surface area contributed by atoms with Crippen molar-refractivity contribution in [2.24, 2.45) is 0 Å². The number of nitrogens with zero attached hydrogens (tertiary/aromatic N) is 2. The first-order valence-corrected chi connectivity index (χ1v) is 9.82. The minimum Gasteiger partial charge on any atom is -0.497 e. The monoisotopic (exact) mass is 420 g/mol. The molecule has 2 N–H and O–H groups in total. The molecule has 0 saturated heterocycles. The second kappa shape index (κ2) is 9.71. The normalized spacial score (nSPS) is 10.4. The maximum atomic E-state index is 12.8. The molecule has 0 bridgehead atoms. The van der Waals surface area contributed by atoms with E-state index in [2.05, 4.69) is 15.7 Å². The van der Waals surface area contributed by atoms with Crippen molar-refractivity contribution in [3.05, 3.63) is 70.5 Å². The summed E-state index contributed by atoms with van der Waals surface area (Å²) in [6.07, 6.45) is 0.220. The van der Waals surface area contributed by atoms with Crippen LogP contribution >= 0.6 is 0 Å². The van der Waals surface area contributed by atoms with Crippen molar-refractivity contribution in [3.63, 3.8) is 0 Å². The second-order valence-electron chi connectivity index (χ2n) is 6.95. The fourth-order valence-corrected chi connectivity index (χ4v) is 2.88. The number of methoxy groups -OCH3 is 1. The molecule has 1 heterocycles. The first-order chi connectivity index (χ1) is 14.9. The molecule has 0 aliphatic carbocycles. The number of aryl methyl sites for hydroxylation is 1. The molecule has 0 saturated carbocycles. The van der Waals surface area contributed by atoms with Gasteiger partial charge in [-0.05, 0) is 25.1 Å². The van der Waals surface area contributed by atoms with E-state index in [-0.39, 0.29) is 24.6 Å². The lowest BCUT2D eigenvalue weighted by molar-refractivity contribution is -0.117. The van der Waals surface area contributed by atoms with Gasteiger partial charge in [-0.1, -0.05) is 42.8 Å². The standard InChI is InChI=1S/C23H24N4O4/c1-4-21(28)25-20-13-19(16-10-8-15(2)9-11-16)26-27(23(20)30)14-22(29)24-17-6-5-7-18(12-17)31-3/h5-13H,4,14H2,1-3H3,(H,24,29)(H,25,28). The molecule has 2 amide bonds. The summed E-state index contributed by atoms with van der Waals surface area (Å²) in [5.41, 5.74) is 2.37. The Bertz CT molecular complexity index is 1150. The predicted octanol–water partition coefficient (Wildman–Crippen LogP) is 3.21. The van der Waals surface area contributed by atoms with Crippen LogP contribution in [0, 0.1) is 6.92 Å². The second-order valence-corrected chi connectivity index (χ2v) is 6.95. The topological polar surface area (TPSA) is 102 Å². The number of amides is 2. The summed E-state index contributed by atoms with van der Waals surface area (Å²) in [5, 5.41) is 9.67. The Hall–Kier alpha value is -3.94. The Morgan fingerprint density at radius 2 is 1.77 bits per heavy atom. The fourth-order valence-electron chi connectivity index (χ4n) is 2.88. The summed E-state index contributed by atoms with van der Waals surface area (Å²) in [6, 6.07) is 16.0. The molecular formula is C23H24N4O4. The molecule has 31 heavy (non-hydrogen) atoms. The number of nitrogens with one attached hydrogen (secondary N) is 2. The van der Waals surface area contributed by atoms with Crippen LogP contribution in [0.25, 0.3) is 11.3 Å². The molecule has 0 spiro atoms. The van der Waals surface area contributed by atoms with E-state index < -0.39 is 11.5 Å². The summed E-state index contributed by atoms with van der Waals surface area (Å²) in [7, 11) is 1.53. The molecule has 0 unspecified atom stereocenters. The van der Waals surface area contributed by atoms with E-state index in [1.807, 2.05) is 31.2 Å². The zero-order valence-corrected chi connectivity index (χ0v) is 17.6. The molecule has 0 aliphatic heterocycles. The van der Waals surface area contributed by atoms with Crippen LogP contribution in [0.3, 0.4) is 0 Å². The smallest absolute Gasteiger partial charge is 0.291 e. The van der Waals surface area contributed by atoms with Gasteiger partial charge in [0.2, 0.25) is 11.8 Å². The summed E-state index contributed by atoms with van der Waals surface area (Å²) in [4.78, 5) is 37.3. The SMILES string of the molecule is CCC(=O)Nc1cc(-c2ccc(C)cc2)nn(CC(=O)Nc2cccc(OC)c2)c1=O. The first-order valence-electron chi connectivity index (χ1n) is 9.82. The van der Waals surface area contributed by atoms with Crippen molar-refractivity contribution in [2.45, 2.75) is 26.8 Å². The van der Waals surface area contributed by atoms with Crippen LogP contribution < -0.4 is 20.9 Å². The van der Waals surface area contributed by atoms with Gasteiger partial charge in [0, 0.05) is 23.7 Å². The van der Waals surface area contributed by atoms with Gasteiger partial charge in [-0.25, -0.2) is 4.68 Å².